The zero-order chi connectivity index (χ0) is 8.15. The zero-order valence-corrected chi connectivity index (χ0v) is 6.45. The molecule has 0 aliphatic rings. The van der Waals surface area contributed by atoms with Gasteiger partial charge in [-0.1, -0.05) is 29.8 Å². The lowest BCUT2D eigenvalue weighted by Gasteiger charge is -1.89. The number of nitrogens with two attached hydrogens (primary N) is 1. The van der Waals surface area contributed by atoms with E-state index in [4.69, 9.17) is 28.9 Å². The monoisotopic (exact) mass is 182 g/mol. The van der Waals surface area contributed by atoms with Gasteiger partial charge in [0.15, 0.2) is 11.0 Å². The van der Waals surface area contributed by atoms with Crippen LogP contribution in [0.1, 0.15) is 0 Å². The Balaban J connectivity index is 4.35. The zero-order valence-electron chi connectivity index (χ0n) is 4.94. The number of allylic oxidation sites excluding steroid dienone is 1. The molecule has 0 fully saturated rings. The normalized spacial score (nSPS) is 13.5. The molecule has 0 aromatic carbocycles. The van der Waals surface area contributed by atoms with Crippen LogP contribution in [0.4, 0.5) is 4.39 Å². The van der Waals surface area contributed by atoms with Crippen molar-refractivity contribution in [3.63, 3.8) is 0 Å². The Bertz CT molecular complexity index is 198. The Morgan fingerprint density at radius 1 is 1.60 bits per heavy atom. The van der Waals surface area contributed by atoms with E-state index >= 15 is 0 Å². The molecule has 0 amide bonds. The molecular weight excluding hydrogens is 178 g/mol. The number of aliphatic imine (C=N–C) groups is 1. The van der Waals surface area contributed by atoms with E-state index in [0.29, 0.717) is 6.20 Å². The van der Waals surface area contributed by atoms with Gasteiger partial charge < -0.3 is 5.73 Å². The molecule has 2 nitrogen and oxygen atoms in total. The molecule has 0 aromatic heterocycles. The Morgan fingerprint density at radius 3 is 2.40 bits per heavy atom. The molecule has 0 spiro atoms. The summed E-state index contributed by atoms with van der Waals surface area (Å²) in [6, 6.07) is 0. The van der Waals surface area contributed by atoms with Crippen LogP contribution in [0, 0.1) is 0 Å². The Labute approximate surface area is 67.8 Å². The molecule has 0 heterocycles. The minimum atomic E-state index is -0.830. The van der Waals surface area contributed by atoms with Crippen molar-refractivity contribution in [3.05, 3.63) is 23.8 Å². The lowest BCUT2D eigenvalue weighted by Crippen LogP contribution is -1.91. The van der Waals surface area contributed by atoms with Crippen molar-refractivity contribution >= 4 is 28.4 Å². The van der Waals surface area contributed by atoms with Gasteiger partial charge in [-0.15, -0.1) is 0 Å². The minimum Gasteiger partial charge on any atom is -0.402 e. The van der Waals surface area contributed by atoms with Gasteiger partial charge in [-0.05, 0) is 0 Å². The lowest BCUT2D eigenvalue weighted by atomic mass is 10.6. The third kappa shape index (κ3) is 3.48. The van der Waals surface area contributed by atoms with Gasteiger partial charge in [0.1, 0.15) is 5.16 Å². The summed E-state index contributed by atoms with van der Waals surface area (Å²) >= 11 is 10.4. The summed E-state index contributed by atoms with van der Waals surface area (Å²) in [7, 11) is 0. The first-order valence-corrected chi connectivity index (χ1v) is 3.00. The minimum absolute atomic E-state index is 0.0954. The van der Waals surface area contributed by atoms with Crippen molar-refractivity contribution in [1.29, 1.82) is 0 Å². The Kier molecular flexibility index (Phi) is 4.07. The van der Waals surface area contributed by atoms with Gasteiger partial charge in [-0.2, -0.15) is 0 Å². The van der Waals surface area contributed by atoms with Crippen LogP contribution in [0.5, 0.6) is 0 Å². The maximum Gasteiger partial charge on any atom is 0.175 e. The quantitative estimate of drug-likeness (QED) is 0.516. The van der Waals surface area contributed by atoms with E-state index in [1.807, 2.05) is 0 Å². The number of hydrogen-bond acceptors (Lipinski definition) is 2. The summed E-state index contributed by atoms with van der Waals surface area (Å²) < 4.78 is 12.3. The molecule has 0 bridgehead atoms. The Hall–Kier alpha value is -0.540. The van der Waals surface area contributed by atoms with Crippen molar-refractivity contribution in [2.24, 2.45) is 10.7 Å². The average molecular weight is 183 g/mol. The van der Waals surface area contributed by atoms with Gasteiger partial charge in [-0.3, -0.25) is 0 Å². The highest BCUT2D eigenvalue weighted by atomic mass is 35.5. The van der Waals surface area contributed by atoms with Gasteiger partial charge in [0.05, 0.1) is 0 Å². The van der Waals surface area contributed by atoms with E-state index in [0.717, 1.165) is 0 Å². The Morgan fingerprint density at radius 2 is 2.10 bits per heavy atom. The molecule has 0 unspecified atom stereocenters. The first-order chi connectivity index (χ1) is 4.57. The van der Waals surface area contributed by atoms with E-state index < -0.39 is 11.0 Å². The van der Waals surface area contributed by atoms with Crippen LogP contribution in [0.3, 0.4) is 0 Å². The smallest absolute Gasteiger partial charge is 0.175 e. The van der Waals surface area contributed by atoms with E-state index in [2.05, 4.69) is 11.6 Å². The summed E-state index contributed by atoms with van der Waals surface area (Å²) in [6.07, 6.45) is 0.686. The maximum absolute atomic E-state index is 12.3. The van der Waals surface area contributed by atoms with Gasteiger partial charge in [0, 0.05) is 6.20 Å². The van der Waals surface area contributed by atoms with Gasteiger partial charge >= 0.3 is 0 Å². The summed E-state index contributed by atoms with van der Waals surface area (Å²) in [5.41, 5.74) is 4.77. The van der Waals surface area contributed by atoms with Crippen LogP contribution in [-0.4, -0.2) is 5.17 Å². The predicted molar refractivity (Wildman–Crippen MR) is 41.7 cm³/mol. The van der Waals surface area contributed by atoms with E-state index in [9.17, 15) is 4.39 Å². The highest BCUT2D eigenvalue weighted by Gasteiger charge is 2.00. The van der Waals surface area contributed by atoms with Crippen molar-refractivity contribution in [3.8, 4) is 0 Å². The van der Waals surface area contributed by atoms with Crippen LogP contribution in [0.15, 0.2) is 28.8 Å². The molecule has 0 saturated carbocycles. The topological polar surface area (TPSA) is 38.4 Å². The largest absolute Gasteiger partial charge is 0.402 e. The van der Waals surface area contributed by atoms with Crippen molar-refractivity contribution in [2.75, 3.05) is 0 Å². The molecule has 0 saturated heterocycles. The third-order valence-electron chi connectivity index (χ3n) is 0.563. The second kappa shape index (κ2) is 4.30. The van der Waals surface area contributed by atoms with Crippen LogP contribution >= 0.6 is 23.2 Å². The highest BCUT2D eigenvalue weighted by molar-refractivity contribution is 6.69. The summed E-state index contributed by atoms with van der Waals surface area (Å²) in [5.74, 6) is -0.830. The second-order valence-electron chi connectivity index (χ2n) is 1.29. The van der Waals surface area contributed by atoms with E-state index in [1.165, 1.54) is 0 Å². The van der Waals surface area contributed by atoms with E-state index in [1.54, 1.807) is 0 Å². The molecule has 0 aliphatic carbocycles. The van der Waals surface area contributed by atoms with Crippen LogP contribution in [0.2, 0.25) is 0 Å². The van der Waals surface area contributed by atoms with Gasteiger partial charge in [0.2, 0.25) is 0 Å². The molecule has 5 heteroatoms. The molecule has 2 N–H and O–H groups in total. The SMILES string of the molecule is C=C(Cl)/N=C(Cl)\C(F)=C/N. The fourth-order valence-corrected chi connectivity index (χ4v) is 0.521. The fraction of sp³-hybridized carbons (Fsp3) is 0. The van der Waals surface area contributed by atoms with Crippen LogP contribution in [-0.2, 0) is 0 Å². The van der Waals surface area contributed by atoms with Gasteiger partial charge in [0.25, 0.3) is 0 Å². The summed E-state index contributed by atoms with van der Waals surface area (Å²) in [5, 5.41) is -0.496. The maximum atomic E-state index is 12.3. The standard InChI is InChI=1S/C5H5Cl2FN2/c1-3(6)10-5(7)4(8)2-9/h2H,1,9H2/b4-2+,10-5+. The van der Waals surface area contributed by atoms with Crippen molar-refractivity contribution < 1.29 is 4.39 Å². The molecule has 0 aliphatic heterocycles. The number of nitrogens with zero attached hydrogens (tertiary/aromatic N) is 1. The van der Waals surface area contributed by atoms with E-state index in [-0.39, 0.29) is 5.16 Å². The molecule has 0 aromatic rings. The fourth-order valence-electron chi connectivity index (χ4n) is 0.229. The molecule has 0 radical (unpaired) electrons. The summed E-state index contributed by atoms with van der Waals surface area (Å²) in [6.45, 7) is 3.17. The van der Waals surface area contributed by atoms with Gasteiger partial charge in [-0.25, -0.2) is 9.38 Å². The molecule has 56 valence electrons. The summed E-state index contributed by atoms with van der Waals surface area (Å²) in [4.78, 5) is 3.28. The molecule has 0 rings (SSSR count). The van der Waals surface area contributed by atoms with Crippen LogP contribution < -0.4 is 5.73 Å². The lowest BCUT2D eigenvalue weighted by molar-refractivity contribution is 0.681. The first kappa shape index (κ1) is 9.46. The second-order valence-corrected chi connectivity index (χ2v) is 2.09. The molecule has 0 atom stereocenters. The number of rotatable bonds is 2. The molecular formula is C5H5Cl2FN2. The third-order valence-corrected chi connectivity index (χ3v) is 0.912. The highest BCUT2D eigenvalue weighted by Crippen LogP contribution is 2.08. The molecule has 10 heavy (non-hydrogen) atoms. The first-order valence-electron chi connectivity index (χ1n) is 2.24. The van der Waals surface area contributed by atoms with Crippen molar-refractivity contribution in [2.45, 2.75) is 0 Å². The van der Waals surface area contributed by atoms with Crippen LogP contribution in [0.25, 0.3) is 0 Å². The van der Waals surface area contributed by atoms with Crippen molar-refractivity contribution in [1.82, 2.24) is 0 Å². The average Bonchev–Trinajstić information content (AvgIpc) is 1.85. The number of halogens is 3. The number of hydrogen-bond donors (Lipinski definition) is 1. The predicted octanol–water partition coefficient (Wildman–Crippen LogP) is 2.10.